The van der Waals surface area contributed by atoms with Crippen molar-refractivity contribution in [1.29, 1.82) is 0 Å². The molecular formula is C10H12O5. The number of aromatic carboxylic acids is 2. The topological polar surface area (TPSA) is 94.8 Å². The fourth-order valence-corrected chi connectivity index (χ4v) is 0.785. The van der Waals surface area contributed by atoms with Crippen LogP contribution in [0.15, 0.2) is 24.3 Å². The summed E-state index contributed by atoms with van der Waals surface area (Å²) in [5, 5.41) is 24.6. The molecule has 0 saturated carbocycles. The molecule has 0 aromatic heterocycles. The van der Waals surface area contributed by atoms with E-state index in [9.17, 15) is 9.59 Å². The van der Waals surface area contributed by atoms with Gasteiger partial charge < -0.3 is 15.3 Å². The molecule has 1 rings (SSSR count). The van der Waals surface area contributed by atoms with Gasteiger partial charge in [-0.25, -0.2) is 9.59 Å². The molecule has 0 aliphatic carbocycles. The fraction of sp³-hybridized carbons (Fsp3) is 0.200. The zero-order chi connectivity index (χ0) is 11.8. The predicted octanol–water partition coefficient (Wildman–Crippen LogP) is 1.08. The lowest BCUT2D eigenvalue weighted by Gasteiger charge is -1.95. The molecule has 0 fully saturated rings. The molecule has 1 aromatic carbocycles. The fourth-order valence-electron chi connectivity index (χ4n) is 0.785. The van der Waals surface area contributed by atoms with E-state index in [1.807, 2.05) is 0 Å². The van der Waals surface area contributed by atoms with E-state index in [0.29, 0.717) is 0 Å². The van der Waals surface area contributed by atoms with Gasteiger partial charge in [-0.15, -0.1) is 0 Å². The molecule has 0 heterocycles. The largest absolute Gasteiger partial charge is 0.478 e. The second-order valence-corrected chi connectivity index (χ2v) is 2.51. The van der Waals surface area contributed by atoms with Gasteiger partial charge in [0.1, 0.15) is 0 Å². The molecule has 0 aliphatic heterocycles. The first kappa shape index (κ1) is 13.1. The molecule has 5 nitrogen and oxygen atoms in total. The summed E-state index contributed by atoms with van der Waals surface area (Å²) < 4.78 is 0. The Morgan fingerprint density at radius 2 is 1.47 bits per heavy atom. The third-order valence-electron chi connectivity index (χ3n) is 1.36. The van der Waals surface area contributed by atoms with Crippen LogP contribution in [0.1, 0.15) is 27.6 Å². The number of rotatable bonds is 2. The zero-order valence-corrected chi connectivity index (χ0v) is 8.17. The summed E-state index contributed by atoms with van der Waals surface area (Å²) in [6.45, 7) is 1.93. The Hall–Kier alpha value is -1.88. The number of aliphatic hydroxyl groups excluding tert-OH is 1. The van der Waals surface area contributed by atoms with E-state index in [-0.39, 0.29) is 17.7 Å². The smallest absolute Gasteiger partial charge is 0.335 e. The molecule has 0 aliphatic rings. The van der Waals surface area contributed by atoms with Crippen LogP contribution in [0.2, 0.25) is 0 Å². The van der Waals surface area contributed by atoms with Crippen molar-refractivity contribution in [1.82, 2.24) is 0 Å². The lowest BCUT2D eigenvalue weighted by molar-refractivity contribution is 0.0696. The highest BCUT2D eigenvalue weighted by Crippen LogP contribution is 2.04. The number of carbonyl (C=O) groups is 2. The lowest BCUT2D eigenvalue weighted by atomic mass is 10.1. The van der Waals surface area contributed by atoms with Crippen molar-refractivity contribution < 1.29 is 24.9 Å². The van der Waals surface area contributed by atoms with Gasteiger partial charge in [-0.2, -0.15) is 0 Å². The molecule has 0 radical (unpaired) electrons. The van der Waals surface area contributed by atoms with Crippen molar-refractivity contribution in [2.45, 2.75) is 6.92 Å². The van der Waals surface area contributed by atoms with Crippen LogP contribution in [0.3, 0.4) is 0 Å². The lowest BCUT2D eigenvalue weighted by Crippen LogP contribution is -2.01. The van der Waals surface area contributed by atoms with E-state index in [0.717, 1.165) is 6.07 Å². The van der Waals surface area contributed by atoms with Crippen LogP contribution in [0.25, 0.3) is 0 Å². The normalized spacial score (nSPS) is 8.67. The van der Waals surface area contributed by atoms with Crippen LogP contribution in [0.4, 0.5) is 0 Å². The average Bonchev–Trinajstić information content (AvgIpc) is 2.19. The van der Waals surface area contributed by atoms with Crippen molar-refractivity contribution in [2.75, 3.05) is 6.61 Å². The summed E-state index contributed by atoms with van der Waals surface area (Å²) in [6, 6.07) is 5.20. The standard InChI is InChI=1S/C8H6O4.C2H6O/c9-7(10)5-2-1-3-6(4-5)8(11)12;1-2-3/h1-4H,(H,9,10)(H,11,12);3H,2H2,1H3. The maximum absolute atomic E-state index is 10.4. The van der Waals surface area contributed by atoms with Gasteiger partial charge in [0.25, 0.3) is 0 Å². The minimum Gasteiger partial charge on any atom is -0.478 e. The van der Waals surface area contributed by atoms with Crippen LogP contribution in [-0.4, -0.2) is 33.9 Å². The number of carboxylic acid groups (broad SMARTS) is 2. The predicted molar refractivity (Wildman–Crippen MR) is 53.1 cm³/mol. The molecular weight excluding hydrogens is 200 g/mol. The van der Waals surface area contributed by atoms with Gasteiger partial charge in [-0.05, 0) is 25.1 Å². The van der Waals surface area contributed by atoms with Crippen LogP contribution in [-0.2, 0) is 0 Å². The van der Waals surface area contributed by atoms with Gasteiger partial charge in [-0.3, -0.25) is 0 Å². The summed E-state index contributed by atoms with van der Waals surface area (Å²) in [5.41, 5.74) is -0.0372. The Morgan fingerprint density at radius 3 is 1.73 bits per heavy atom. The molecule has 1 aromatic rings. The third kappa shape index (κ3) is 4.78. The summed E-state index contributed by atoms with van der Waals surface area (Å²) in [6.07, 6.45) is 0. The van der Waals surface area contributed by atoms with Crippen molar-refractivity contribution in [3.05, 3.63) is 35.4 Å². The highest BCUT2D eigenvalue weighted by atomic mass is 16.4. The van der Waals surface area contributed by atoms with Gasteiger partial charge >= 0.3 is 11.9 Å². The van der Waals surface area contributed by atoms with E-state index in [4.69, 9.17) is 15.3 Å². The van der Waals surface area contributed by atoms with Crippen LogP contribution in [0.5, 0.6) is 0 Å². The molecule has 3 N–H and O–H groups in total. The Kier molecular flexibility index (Phi) is 5.73. The molecule has 15 heavy (non-hydrogen) atoms. The Balaban J connectivity index is 0.000000583. The van der Waals surface area contributed by atoms with Gasteiger partial charge in [-0.1, -0.05) is 6.07 Å². The minimum absolute atomic E-state index is 0.0186. The first-order valence-corrected chi connectivity index (χ1v) is 4.20. The summed E-state index contributed by atoms with van der Waals surface area (Å²) in [7, 11) is 0. The molecule has 0 atom stereocenters. The molecule has 0 amide bonds. The Morgan fingerprint density at radius 1 is 1.13 bits per heavy atom. The van der Waals surface area contributed by atoms with Crippen LogP contribution < -0.4 is 0 Å². The molecule has 0 saturated heterocycles. The van der Waals surface area contributed by atoms with E-state index >= 15 is 0 Å². The first-order chi connectivity index (χ1) is 7.02. The number of benzene rings is 1. The molecule has 0 bridgehead atoms. The number of aliphatic hydroxyl groups is 1. The van der Waals surface area contributed by atoms with Crippen molar-refractivity contribution in [3.63, 3.8) is 0 Å². The molecule has 82 valence electrons. The van der Waals surface area contributed by atoms with E-state index in [2.05, 4.69) is 0 Å². The van der Waals surface area contributed by atoms with E-state index in [1.165, 1.54) is 18.2 Å². The molecule has 5 heteroatoms. The third-order valence-corrected chi connectivity index (χ3v) is 1.36. The first-order valence-electron chi connectivity index (χ1n) is 4.20. The van der Waals surface area contributed by atoms with Crippen molar-refractivity contribution in [2.24, 2.45) is 0 Å². The molecule has 0 unspecified atom stereocenters. The number of hydrogen-bond acceptors (Lipinski definition) is 3. The maximum Gasteiger partial charge on any atom is 0.335 e. The Labute approximate surface area is 86.6 Å². The van der Waals surface area contributed by atoms with Gasteiger partial charge in [0.05, 0.1) is 11.1 Å². The van der Waals surface area contributed by atoms with Gasteiger partial charge in [0, 0.05) is 6.61 Å². The van der Waals surface area contributed by atoms with E-state index < -0.39 is 11.9 Å². The summed E-state index contributed by atoms with van der Waals surface area (Å²) in [4.78, 5) is 20.8. The average molecular weight is 212 g/mol. The second-order valence-electron chi connectivity index (χ2n) is 2.51. The quantitative estimate of drug-likeness (QED) is 0.681. The Bertz CT molecular complexity index is 316. The highest BCUT2D eigenvalue weighted by Gasteiger charge is 2.06. The molecule has 0 spiro atoms. The number of hydrogen-bond donors (Lipinski definition) is 3. The van der Waals surface area contributed by atoms with Gasteiger partial charge in [0.15, 0.2) is 0 Å². The highest BCUT2D eigenvalue weighted by molar-refractivity contribution is 5.93. The minimum atomic E-state index is -1.13. The van der Waals surface area contributed by atoms with E-state index in [1.54, 1.807) is 6.92 Å². The summed E-state index contributed by atoms with van der Waals surface area (Å²) in [5.74, 6) is -2.25. The van der Waals surface area contributed by atoms with Crippen molar-refractivity contribution >= 4 is 11.9 Å². The monoisotopic (exact) mass is 212 g/mol. The summed E-state index contributed by atoms with van der Waals surface area (Å²) >= 11 is 0. The van der Waals surface area contributed by atoms with Gasteiger partial charge in [0.2, 0.25) is 0 Å². The SMILES string of the molecule is CCO.O=C(O)c1cccc(C(=O)O)c1. The van der Waals surface area contributed by atoms with Crippen LogP contribution >= 0.6 is 0 Å². The number of carboxylic acids is 2. The second kappa shape index (κ2) is 6.56. The maximum atomic E-state index is 10.4. The zero-order valence-electron chi connectivity index (χ0n) is 8.17. The van der Waals surface area contributed by atoms with Crippen LogP contribution in [0, 0.1) is 0 Å². The van der Waals surface area contributed by atoms with Crippen molar-refractivity contribution in [3.8, 4) is 0 Å².